The van der Waals surface area contributed by atoms with Gasteiger partial charge < -0.3 is 9.30 Å². The van der Waals surface area contributed by atoms with Crippen molar-refractivity contribution in [2.75, 3.05) is 13.7 Å². The Morgan fingerprint density at radius 2 is 2.08 bits per heavy atom. The Kier molecular flexibility index (Phi) is 4.21. The van der Waals surface area contributed by atoms with Crippen molar-refractivity contribution in [3.05, 3.63) is 56.7 Å². The Morgan fingerprint density at radius 3 is 2.85 bits per heavy atom. The van der Waals surface area contributed by atoms with Gasteiger partial charge in [-0.25, -0.2) is 4.98 Å². The van der Waals surface area contributed by atoms with Crippen molar-refractivity contribution in [3.63, 3.8) is 0 Å². The van der Waals surface area contributed by atoms with Crippen LogP contribution in [0.4, 0.5) is 0 Å². The molecule has 7 nitrogen and oxygen atoms in total. The highest BCUT2D eigenvalue weighted by atomic mass is 32.1. The molecule has 134 valence electrons. The van der Waals surface area contributed by atoms with Crippen LogP contribution < -0.4 is 11.1 Å². The van der Waals surface area contributed by atoms with E-state index in [2.05, 4.69) is 10.1 Å². The number of thiazole rings is 1. The van der Waals surface area contributed by atoms with Gasteiger partial charge in [0.1, 0.15) is 0 Å². The Bertz CT molecular complexity index is 1180. The van der Waals surface area contributed by atoms with Crippen LogP contribution in [0.2, 0.25) is 0 Å². The van der Waals surface area contributed by atoms with Crippen molar-refractivity contribution in [2.24, 2.45) is 0 Å². The van der Waals surface area contributed by atoms with Gasteiger partial charge in [-0.15, -0.1) is 0 Å². The van der Waals surface area contributed by atoms with E-state index in [9.17, 15) is 9.59 Å². The molecule has 0 atom stereocenters. The fourth-order valence-electron chi connectivity index (χ4n) is 3.15. The molecule has 1 aromatic carbocycles. The molecule has 0 bridgehead atoms. The molecule has 3 heterocycles. The van der Waals surface area contributed by atoms with Crippen LogP contribution in [0.1, 0.15) is 12.1 Å². The summed E-state index contributed by atoms with van der Waals surface area (Å²) in [5.41, 5.74) is 1.69. The molecule has 0 aliphatic heterocycles. The molecule has 0 spiro atoms. The van der Waals surface area contributed by atoms with Gasteiger partial charge in [-0.1, -0.05) is 23.5 Å². The fraction of sp³-hybridized carbons (Fsp3) is 0.278. The molecular weight excluding hydrogens is 352 g/mol. The average molecular weight is 370 g/mol. The zero-order valence-corrected chi connectivity index (χ0v) is 15.3. The van der Waals surface area contributed by atoms with Crippen LogP contribution in [0.5, 0.6) is 0 Å². The summed E-state index contributed by atoms with van der Waals surface area (Å²) in [5, 5.41) is 4.11. The maximum absolute atomic E-state index is 13.0. The van der Waals surface area contributed by atoms with Gasteiger partial charge in [0.05, 0.1) is 21.1 Å². The quantitative estimate of drug-likeness (QED) is 0.547. The SMILES string of the molecule is COCCCn1c(C)c2c(=O)n(-c3nc4ccccc4s3)[nH]c2cc1=O. The number of rotatable bonds is 5. The van der Waals surface area contributed by atoms with Crippen LogP contribution in [0, 0.1) is 6.92 Å². The number of methoxy groups -OCH3 is 1. The van der Waals surface area contributed by atoms with Gasteiger partial charge in [0, 0.05) is 32.0 Å². The van der Waals surface area contributed by atoms with Crippen LogP contribution in [0.15, 0.2) is 39.9 Å². The third-order valence-corrected chi connectivity index (χ3v) is 5.44. The molecule has 0 saturated carbocycles. The maximum atomic E-state index is 13.0. The standard InChI is InChI=1S/C18H18N4O3S/c1-11-16-13(10-15(23)21(11)8-5-9-25-2)20-22(17(16)24)18-19-12-6-3-4-7-14(12)26-18/h3-4,6-7,10,20H,5,8-9H2,1-2H3. The van der Waals surface area contributed by atoms with E-state index in [0.29, 0.717) is 41.3 Å². The van der Waals surface area contributed by atoms with Gasteiger partial charge in [0.15, 0.2) is 0 Å². The van der Waals surface area contributed by atoms with E-state index < -0.39 is 0 Å². The average Bonchev–Trinajstić information content (AvgIpc) is 3.18. The van der Waals surface area contributed by atoms with E-state index in [-0.39, 0.29) is 11.1 Å². The highest BCUT2D eigenvalue weighted by molar-refractivity contribution is 7.20. The third kappa shape index (κ3) is 2.67. The Balaban J connectivity index is 1.87. The molecule has 0 unspecified atom stereocenters. The first-order valence-electron chi connectivity index (χ1n) is 8.30. The van der Waals surface area contributed by atoms with Crippen LogP contribution in [0.25, 0.3) is 26.3 Å². The molecule has 4 aromatic rings. The van der Waals surface area contributed by atoms with Crippen molar-refractivity contribution in [3.8, 4) is 5.13 Å². The lowest BCUT2D eigenvalue weighted by atomic mass is 10.2. The number of nitrogens with one attached hydrogen (secondary N) is 1. The number of nitrogens with zero attached hydrogens (tertiary/aromatic N) is 3. The van der Waals surface area contributed by atoms with Gasteiger partial charge in [0.25, 0.3) is 11.1 Å². The lowest BCUT2D eigenvalue weighted by molar-refractivity contribution is 0.190. The first kappa shape index (κ1) is 16.7. The molecular formula is C18H18N4O3S. The number of benzene rings is 1. The summed E-state index contributed by atoms with van der Waals surface area (Å²) in [6, 6.07) is 9.20. The molecule has 3 aromatic heterocycles. The maximum Gasteiger partial charge on any atom is 0.282 e. The van der Waals surface area contributed by atoms with Crippen molar-refractivity contribution in [1.82, 2.24) is 19.3 Å². The molecule has 0 fully saturated rings. The van der Waals surface area contributed by atoms with E-state index in [1.165, 1.54) is 22.1 Å². The van der Waals surface area contributed by atoms with Gasteiger partial charge in [-0.3, -0.25) is 14.7 Å². The summed E-state index contributed by atoms with van der Waals surface area (Å²) in [5.74, 6) is 0. The number of pyridine rings is 1. The van der Waals surface area contributed by atoms with E-state index in [0.717, 1.165) is 10.2 Å². The van der Waals surface area contributed by atoms with E-state index in [1.807, 2.05) is 24.3 Å². The molecule has 0 radical (unpaired) electrons. The molecule has 8 heteroatoms. The van der Waals surface area contributed by atoms with Crippen LogP contribution in [-0.4, -0.2) is 33.0 Å². The highest BCUT2D eigenvalue weighted by Gasteiger charge is 2.17. The van der Waals surface area contributed by atoms with E-state index in [1.54, 1.807) is 18.6 Å². The van der Waals surface area contributed by atoms with E-state index in [4.69, 9.17) is 4.74 Å². The molecule has 0 aliphatic rings. The first-order valence-corrected chi connectivity index (χ1v) is 9.12. The van der Waals surface area contributed by atoms with Crippen LogP contribution >= 0.6 is 11.3 Å². The number of ether oxygens (including phenoxy) is 1. The van der Waals surface area contributed by atoms with Crippen molar-refractivity contribution >= 4 is 32.5 Å². The Labute approximate surface area is 152 Å². The molecule has 26 heavy (non-hydrogen) atoms. The number of para-hydroxylation sites is 1. The fourth-order valence-corrected chi connectivity index (χ4v) is 4.07. The molecule has 0 aliphatic carbocycles. The number of fused-ring (bicyclic) bond motifs is 2. The second-order valence-electron chi connectivity index (χ2n) is 6.07. The van der Waals surface area contributed by atoms with Crippen molar-refractivity contribution < 1.29 is 4.74 Å². The number of hydrogen-bond donors (Lipinski definition) is 1. The second kappa shape index (κ2) is 6.54. The number of aromatic amines is 1. The summed E-state index contributed by atoms with van der Waals surface area (Å²) < 4.78 is 9.10. The van der Waals surface area contributed by atoms with Crippen LogP contribution in [0.3, 0.4) is 0 Å². The lowest BCUT2D eigenvalue weighted by Crippen LogP contribution is -2.23. The molecule has 4 rings (SSSR count). The Morgan fingerprint density at radius 1 is 1.27 bits per heavy atom. The first-order chi connectivity index (χ1) is 12.6. The minimum Gasteiger partial charge on any atom is -0.385 e. The minimum atomic E-state index is -0.197. The highest BCUT2D eigenvalue weighted by Crippen LogP contribution is 2.24. The smallest absolute Gasteiger partial charge is 0.282 e. The Hall–Kier alpha value is -2.71. The van der Waals surface area contributed by atoms with E-state index >= 15 is 0 Å². The van der Waals surface area contributed by atoms with Gasteiger partial charge in [-0.2, -0.15) is 4.68 Å². The lowest BCUT2D eigenvalue weighted by Gasteiger charge is -2.09. The summed E-state index contributed by atoms with van der Waals surface area (Å²) in [4.78, 5) is 29.9. The van der Waals surface area contributed by atoms with Crippen molar-refractivity contribution in [2.45, 2.75) is 19.9 Å². The number of H-pyrrole nitrogens is 1. The number of aryl methyl sites for hydroxylation is 1. The second-order valence-corrected chi connectivity index (χ2v) is 7.08. The van der Waals surface area contributed by atoms with Gasteiger partial charge in [-0.05, 0) is 25.5 Å². The van der Waals surface area contributed by atoms with Gasteiger partial charge in [0.2, 0.25) is 5.13 Å². The normalized spacial score (nSPS) is 11.6. The predicted molar refractivity (Wildman–Crippen MR) is 103 cm³/mol. The molecule has 0 saturated heterocycles. The molecule has 0 amide bonds. The minimum absolute atomic E-state index is 0.135. The number of hydrogen-bond acceptors (Lipinski definition) is 5. The monoisotopic (exact) mass is 370 g/mol. The summed E-state index contributed by atoms with van der Waals surface area (Å²) >= 11 is 1.43. The third-order valence-electron chi connectivity index (χ3n) is 4.42. The zero-order valence-electron chi connectivity index (χ0n) is 14.5. The largest absolute Gasteiger partial charge is 0.385 e. The summed E-state index contributed by atoms with van der Waals surface area (Å²) in [7, 11) is 1.63. The topological polar surface area (TPSA) is 81.9 Å². The van der Waals surface area contributed by atoms with Gasteiger partial charge >= 0.3 is 0 Å². The van der Waals surface area contributed by atoms with Crippen molar-refractivity contribution in [1.29, 1.82) is 0 Å². The number of aromatic nitrogens is 4. The predicted octanol–water partition coefficient (Wildman–Crippen LogP) is 2.44. The zero-order chi connectivity index (χ0) is 18.3. The summed E-state index contributed by atoms with van der Waals surface area (Å²) in [6.45, 7) is 2.88. The molecule has 1 N–H and O–H groups in total. The van der Waals surface area contributed by atoms with Crippen LogP contribution in [-0.2, 0) is 11.3 Å². The summed E-state index contributed by atoms with van der Waals surface area (Å²) in [6.07, 6.45) is 0.708.